The molecule has 0 amide bonds. The van der Waals surface area contributed by atoms with Crippen LogP contribution in [0.1, 0.15) is 12.5 Å². The fourth-order valence-electron chi connectivity index (χ4n) is 2.23. The van der Waals surface area contributed by atoms with Crippen molar-refractivity contribution in [2.75, 3.05) is 5.75 Å². The van der Waals surface area contributed by atoms with Crippen molar-refractivity contribution in [3.8, 4) is 5.69 Å². The Kier molecular flexibility index (Phi) is 3.96. The molecule has 0 fully saturated rings. The predicted molar refractivity (Wildman–Crippen MR) is 87.4 cm³/mol. The van der Waals surface area contributed by atoms with Crippen LogP contribution < -0.4 is 4.72 Å². The predicted octanol–water partition coefficient (Wildman–Crippen LogP) is 2.46. The third-order valence-electron chi connectivity index (χ3n) is 3.54. The highest BCUT2D eigenvalue weighted by molar-refractivity contribution is 7.89. The summed E-state index contributed by atoms with van der Waals surface area (Å²) in [4.78, 5) is 4.37. The first-order valence-corrected chi connectivity index (χ1v) is 8.73. The lowest BCUT2D eigenvalue weighted by Gasteiger charge is -2.07. The largest absolute Gasteiger partial charge is 0.299 e. The molecule has 0 bridgehead atoms. The Hall–Kier alpha value is -2.18. The molecule has 1 N–H and O–H groups in total. The Bertz CT molecular complexity index is 883. The van der Waals surface area contributed by atoms with Crippen molar-refractivity contribution >= 4 is 21.1 Å². The fraction of sp³-hybridized carbons (Fsp3) is 0.188. The SMILES string of the molecule is CCS(=O)(=O)NCc1ccc(-n2cnc3ccccc32)cc1. The van der Waals surface area contributed by atoms with Crippen LogP contribution >= 0.6 is 0 Å². The maximum absolute atomic E-state index is 11.4. The number of sulfonamides is 1. The van der Waals surface area contributed by atoms with E-state index in [4.69, 9.17) is 0 Å². The number of hydrogen-bond donors (Lipinski definition) is 1. The van der Waals surface area contributed by atoms with E-state index in [0.717, 1.165) is 22.3 Å². The average Bonchev–Trinajstić information content (AvgIpc) is 2.98. The Morgan fingerprint density at radius 2 is 1.82 bits per heavy atom. The first-order valence-electron chi connectivity index (χ1n) is 7.08. The number of hydrogen-bond acceptors (Lipinski definition) is 3. The number of benzene rings is 2. The lowest BCUT2D eigenvalue weighted by molar-refractivity contribution is 0.582. The number of rotatable bonds is 5. The molecule has 0 saturated heterocycles. The fourth-order valence-corrected chi connectivity index (χ4v) is 2.83. The highest BCUT2D eigenvalue weighted by Crippen LogP contribution is 2.18. The van der Waals surface area contributed by atoms with E-state index in [2.05, 4.69) is 9.71 Å². The van der Waals surface area contributed by atoms with Gasteiger partial charge in [-0.15, -0.1) is 0 Å². The van der Waals surface area contributed by atoms with Crippen LogP contribution in [0.3, 0.4) is 0 Å². The summed E-state index contributed by atoms with van der Waals surface area (Å²) in [5.41, 5.74) is 3.91. The third kappa shape index (κ3) is 3.03. The van der Waals surface area contributed by atoms with Crippen LogP contribution in [0.4, 0.5) is 0 Å². The molecule has 5 nitrogen and oxygen atoms in total. The van der Waals surface area contributed by atoms with Gasteiger partial charge in [0.15, 0.2) is 0 Å². The maximum Gasteiger partial charge on any atom is 0.211 e. The van der Waals surface area contributed by atoms with Crippen molar-refractivity contribution in [3.63, 3.8) is 0 Å². The monoisotopic (exact) mass is 315 g/mol. The van der Waals surface area contributed by atoms with Crippen molar-refractivity contribution in [2.45, 2.75) is 13.5 Å². The molecule has 22 heavy (non-hydrogen) atoms. The van der Waals surface area contributed by atoms with Gasteiger partial charge in [0.1, 0.15) is 6.33 Å². The zero-order valence-electron chi connectivity index (χ0n) is 12.2. The van der Waals surface area contributed by atoms with Crippen LogP contribution in [-0.2, 0) is 16.6 Å². The minimum atomic E-state index is -3.17. The summed E-state index contributed by atoms with van der Waals surface area (Å²) in [7, 11) is -3.17. The summed E-state index contributed by atoms with van der Waals surface area (Å²) >= 11 is 0. The zero-order valence-corrected chi connectivity index (χ0v) is 13.0. The Labute approximate surface area is 129 Å². The summed E-state index contributed by atoms with van der Waals surface area (Å²) in [5, 5.41) is 0. The molecular weight excluding hydrogens is 298 g/mol. The van der Waals surface area contributed by atoms with E-state index in [0.29, 0.717) is 6.54 Å². The summed E-state index contributed by atoms with van der Waals surface area (Å²) in [5.74, 6) is 0.0894. The normalized spacial score (nSPS) is 11.9. The van der Waals surface area contributed by atoms with Gasteiger partial charge in [-0.2, -0.15) is 0 Å². The van der Waals surface area contributed by atoms with Crippen molar-refractivity contribution < 1.29 is 8.42 Å². The van der Waals surface area contributed by atoms with E-state index in [9.17, 15) is 8.42 Å². The molecule has 0 aliphatic rings. The summed E-state index contributed by atoms with van der Waals surface area (Å²) in [6.07, 6.45) is 1.79. The number of aromatic nitrogens is 2. The average molecular weight is 315 g/mol. The second kappa shape index (κ2) is 5.90. The number of imidazole rings is 1. The molecule has 0 atom stereocenters. The van der Waals surface area contributed by atoms with Crippen molar-refractivity contribution in [1.82, 2.24) is 14.3 Å². The van der Waals surface area contributed by atoms with Gasteiger partial charge < -0.3 is 0 Å². The van der Waals surface area contributed by atoms with Crippen LogP contribution in [0.2, 0.25) is 0 Å². The molecule has 1 heterocycles. The smallest absolute Gasteiger partial charge is 0.211 e. The van der Waals surface area contributed by atoms with Gasteiger partial charge in [-0.25, -0.2) is 18.1 Å². The molecule has 0 aliphatic carbocycles. The summed E-state index contributed by atoms with van der Waals surface area (Å²) < 4.78 is 27.5. The van der Waals surface area contributed by atoms with Crippen LogP contribution in [0.5, 0.6) is 0 Å². The molecule has 3 aromatic rings. The van der Waals surface area contributed by atoms with E-state index >= 15 is 0 Å². The number of para-hydroxylation sites is 2. The van der Waals surface area contributed by atoms with Crippen LogP contribution in [0.25, 0.3) is 16.7 Å². The van der Waals surface area contributed by atoms with Gasteiger partial charge in [-0.1, -0.05) is 24.3 Å². The van der Waals surface area contributed by atoms with E-state index in [-0.39, 0.29) is 5.75 Å². The molecule has 0 aliphatic heterocycles. The van der Waals surface area contributed by atoms with Gasteiger partial charge in [0.05, 0.1) is 16.8 Å². The Morgan fingerprint density at radius 3 is 2.55 bits per heavy atom. The second-order valence-electron chi connectivity index (χ2n) is 4.99. The van der Waals surface area contributed by atoms with Crippen molar-refractivity contribution in [3.05, 3.63) is 60.4 Å². The number of nitrogens with one attached hydrogen (secondary N) is 1. The molecule has 6 heteroatoms. The molecule has 3 rings (SSSR count). The highest BCUT2D eigenvalue weighted by atomic mass is 32.2. The first kappa shape index (κ1) is 14.7. The van der Waals surface area contributed by atoms with Gasteiger partial charge in [-0.05, 0) is 36.8 Å². The lowest BCUT2D eigenvalue weighted by atomic mass is 10.2. The Morgan fingerprint density at radius 1 is 1.09 bits per heavy atom. The first-order chi connectivity index (χ1) is 10.6. The van der Waals surface area contributed by atoms with Crippen molar-refractivity contribution in [1.29, 1.82) is 0 Å². The second-order valence-corrected chi connectivity index (χ2v) is 7.09. The van der Waals surface area contributed by atoms with E-state index < -0.39 is 10.0 Å². The summed E-state index contributed by atoms with van der Waals surface area (Å²) in [6, 6.07) is 15.7. The highest BCUT2D eigenvalue weighted by Gasteiger charge is 2.07. The molecule has 0 unspecified atom stereocenters. The van der Waals surface area contributed by atoms with Crippen LogP contribution in [-0.4, -0.2) is 23.7 Å². The molecule has 0 spiro atoms. The topological polar surface area (TPSA) is 64.0 Å². The van der Waals surface area contributed by atoms with E-state index in [1.165, 1.54) is 0 Å². The van der Waals surface area contributed by atoms with Gasteiger partial charge in [0.2, 0.25) is 10.0 Å². The molecule has 114 valence electrons. The van der Waals surface area contributed by atoms with E-state index in [1.807, 2.05) is 53.1 Å². The zero-order chi connectivity index (χ0) is 15.6. The number of nitrogens with zero attached hydrogens (tertiary/aromatic N) is 2. The van der Waals surface area contributed by atoms with E-state index in [1.54, 1.807) is 13.3 Å². The molecule has 0 radical (unpaired) electrons. The summed E-state index contributed by atoms with van der Waals surface area (Å²) in [6.45, 7) is 1.93. The van der Waals surface area contributed by atoms with Crippen LogP contribution in [0, 0.1) is 0 Å². The van der Waals surface area contributed by atoms with Crippen molar-refractivity contribution in [2.24, 2.45) is 0 Å². The van der Waals surface area contributed by atoms with Gasteiger partial charge in [0.25, 0.3) is 0 Å². The molecule has 2 aromatic carbocycles. The minimum absolute atomic E-state index is 0.0894. The number of fused-ring (bicyclic) bond motifs is 1. The third-order valence-corrected chi connectivity index (χ3v) is 4.89. The van der Waals surface area contributed by atoms with Gasteiger partial charge in [0, 0.05) is 12.2 Å². The standard InChI is InChI=1S/C16H17N3O2S/c1-2-22(20,21)18-11-13-7-9-14(10-8-13)19-12-17-15-5-3-4-6-16(15)19/h3-10,12,18H,2,11H2,1H3. The molecule has 0 saturated carbocycles. The quantitative estimate of drug-likeness (QED) is 0.786. The maximum atomic E-state index is 11.4. The molecule has 1 aromatic heterocycles. The van der Waals surface area contributed by atoms with Gasteiger partial charge in [-0.3, -0.25) is 4.57 Å². The van der Waals surface area contributed by atoms with Crippen LogP contribution in [0.15, 0.2) is 54.9 Å². The Balaban J connectivity index is 1.82. The molecular formula is C16H17N3O2S. The minimum Gasteiger partial charge on any atom is -0.299 e. The lowest BCUT2D eigenvalue weighted by Crippen LogP contribution is -2.24. The van der Waals surface area contributed by atoms with Gasteiger partial charge >= 0.3 is 0 Å².